The van der Waals surface area contributed by atoms with Crippen molar-refractivity contribution in [2.24, 2.45) is 0 Å². The Kier molecular flexibility index (Phi) is 5.76. The Morgan fingerprint density at radius 1 is 0.923 bits per heavy atom. The van der Waals surface area contributed by atoms with E-state index in [1.165, 1.54) is 11.1 Å². The summed E-state index contributed by atoms with van der Waals surface area (Å²) < 4.78 is 25.4. The van der Waals surface area contributed by atoms with Gasteiger partial charge < -0.3 is 5.32 Å². The van der Waals surface area contributed by atoms with Crippen molar-refractivity contribution in [1.82, 2.24) is 5.32 Å². The van der Waals surface area contributed by atoms with Gasteiger partial charge in [0.25, 0.3) is 5.91 Å². The Morgan fingerprint density at radius 2 is 1.54 bits per heavy atom. The van der Waals surface area contributed by atoms with Crippen LogP contribution < -0.4 is 10.0 Å². The smallest absolute Gasteiger partial charge is 0.251 e. The predicted molar refractivity (Wildman–Crippen MR) is 106 cm³/mol. The molecule has 1 unspecified atom stereocenters. The number of anilines is 1. The van der Waals surface area contributed by atoms with Crippen molar-refractivity contribution in [2.75, 3.05) is 11.0 Å². The molecular weight excluding hydrogens is 348 g/mol. The maximum Gasteiger partial charge on any atom is 0.251 e. The molecule has 0 heterocycles. The maximum absolute atomic E-state index is 12.6. The van der Waals surface area contributed by atoms with E-state index in [1.807, 2.05) is 13.8 Å². The lowest BCUT2D eigenvalue weighted by atomic mass is 9.96. The largest absolute Gasteiger partial charge is 0.346 e. The lowest BCUT2D eigenvalue weighted by molar-refractivity contribution is 0.0940. The van der Waals surface area contributed by atoms with Crippen LogP contribution in [0.2, 0.25) is 0 Å². The molecule has 6 heteroatoms. The van der Waals surface area contributed by atoms with Gasteiger partial charge in [0.2, 0.25) is 10.0 Å². The molecule has 26 heavy (non-hydrogen) atoms. The number of nitrogens with one attached hydrogen (secondary N) is 2. The van der Waals surface area contributed by atoms with E-state index in [4.69, 9.17) is 0 Å². The molecule has 140 valence electrons. The molecule has 0 saturated carbocycles. The number of amides is 1. The third kappa shape index (κ3) is 4.85. The van der Waals surface area contributed by atoms with Crippen LogP contribution in [0.15, 0.2) is 30.3 Å². The Bertz CT molecular complexity index is 950. The van der Waals surface area contributed by atoms with Crippen LogP contribution in [0.25, 0.3) is 0 Å². The average molecular weight is 375 g/mol. The highest BCUT2D eigenvalue weighted by atomic mass is 32.2. The van der Waals surface area contributed by atoms with Crippen molar-refractivity contribution in [3.63, 3.8) is 0 Å². The minimum Gasteiger partial charge on any atom is -0.346 e. The Labute approximate surface area is 155 Å². The monoisotopic (exact) mass is 374 g/mol. The van der Waals surface area contributed by atoms with Gasteiger partial charge in [0.15, 0.2) is 0 Å². The van der Waals surface area contributed by atoms with Crippen molar-refractivity contribution in [1.29, 1.82) is 0 Å². The molecule has 2 aromatic rings. The Morgan fingerprint density at radius 3 is 2.15 bits per heavy atom. The summed E-state index contributed by atoms with van der Waals surface area (Å²) in [6, 6.07) is 9.04. The SMILES string of the molecule is Cc1cc(C)c(C(C)NC(=O)c2ccc(C)c(NS(C)(=O)=O)c2)cc1C. The number of hydrogen-bond donors (Lipinski definition) is 2. The van der Waals surface area contributed by atoms with Crippen LogP contribution in [0.3, 0.4) is 0 Å². The van der Waals surface area contributed by atoms with Gasteiger partial charge in [-0.1, -0.05) is 18.2 Å². The summed E-state index contributed by atoms with van der Waals surface area (Å²) in [7, 11) is -3.40. The lowest BCUT2D eigenvalue weighted by Crippen LogP contribution is -2.27. The van der Waals surface area contributed by atoms with E-state index in [0.717, 1.165) is 22.9 Å². The van der Waals surface area contributed by atoms with Gasteiger partial charge >= 0.3 is 0 Å². The fourth-order valence-corrected chi connectivity index (χ4v) is 3.50. The number of hydrogen-bond acceptors (Lipinski definition) is 3. The number of aryl methyl sites for hydroxylation is 4. The van der Waals surface area contributed by atoms with Crippen LogP contribution in [-0.2, 0) is 10.0 Å². The van der Waals surface area contributed by atoms with Crippen LogP contribution in [0.4, 0.5) is 5.69 Å². The molecule has 0 aliphatic rings. The fraction of sp³-hybridized carbons (Fsp3) is 0.350. The van der Waals surface area contributed by atoms with Crippen molar-refractivity contribution in [2.45, 2.75) is 40.7 Å². The van der Waals surface area contributed by atoms with E-state index in [0.29, 0.717) is 11.3 Å². The standard InChI is InChI=1S/C20H26N2O3S/c1-12-7-8-17(11-19(12)22-26(6,24)25)20(23)21-16(5)18-10-14(3)13(2)9-15(18)4/h7-11,16,22H,1-6H3,(H,21,23). The van der Waals surface area contributed by atoms with Crippen LogP contribution in [0.1, 0.15) is 51.1 Å². The van der Waals surface area contributed by atoms with E-state index in [-0.39, 0.29) is 11.9 Å². The van der Waals surface area contributed by atoms with Crippen LogP contribution in [0, 0.1) is 27.7 Å². The molecule has 2 N–H and O–H groups in total. The molecule has 2 rings (SSSR count). The number of carbonyl (C=O) groups is 1. The van der Waals surface area contributed by atoms with E-state index in [2.05, 4.69) is 36.0 Å². The number of carbonyl (C=O) groups excluding carboxylic acids is 1. The summed E-state index contributed by atoms with van der Waals surface area (Å²) >= 11 is 0. The molecule has 0 aliphatic heterocycles. The molecule has 1 atom stereocenters. The van der Waals surface area contributed by atoms with Gasteiger partial charge in [-0.2, -0.15) is 0 Å². The first-order valence-electron chi connectivity index (χ1n) is 8.45. The molecule has 0 radical (unpaired) electrons. The van der Waals surface area contributed by atoms with E-state index < -0.39 is 10.0 Å². The summed E-state index contributed by atoms with van der Waals surface area (Å²) in [5, 5.41) is 2.99. The minimum atomic E-state index is -3.40. The van der Waals surface area contributed by atoms with E-state index in [1.54, 1.807) is 25.1 Å². The van der Waals surface area contributed by atoms with Gasteiger partial charge in [-0.05, 0) is 74.6 Å². The third-order valence-corrected chi connectivity index (χ3v) is 5.08. The first kappa shape index (κ1) is 20.0. The van der Waals surface area contributed by atoms with Gasteiger partial charge in [0, 0.05) is 5.56 Å². The zero-order valence-corrected chi connectivity index (χ0v) is 16.9. The first-order valence-corrected chi connectivity index (χ1v) is 10.3. The fourth-order valence-electron chi connectivity index (χ4n) is 2.88. The molecule has 0 bridgehead atoms. The number of sulfonamides is 1. The van der Waals surface area contributed by atoms with Crippen molar-refractivity contribution >= 4 is 21.6 Å². The van der Waals surface area contributed by atoms with Crippen molar-refractivity contribution in [3.8, 4) is 0 Å². The van der Waals surface area contributed by atoms with Crippen LogP contribution in [-0.4, -0.2) is 20.6 Å². The molecule has 0 aromatic heterocycles. The second-order valence-corrected chi connectivity index (χ2v) is 8.64. The van der Waals surface area contributed by atoms with Gasteiger partial charge in [0.1, 0.15) is 0 Å². The first-order chi connectivity index (χ1) is 12.0. The lowest BCUT2D eigenvalue weighted by Gasteiger charge is -2.19. The zero-order valence-electron chi connectivity index (χ0n) is 16.1. The third-order valence-electron chi connectivity index (χ3n) is 4.49. The molecule has 0 spiro atoms. The van der Waals surface area contributed by atoms with Gasteiger partial charge in [-0.25, -0.2) is 8.42 Å². The minimum absolute atomic E-state index is 0.158. The normalized spacial score (nSPS) is 12.5. The molecule has 5 nitrogen and oxygen atoms in total. The summed E-state index contributed by atoms with van der Waals surface area (Å²) in [6.07, 6.45) is 1.09. The predicted octanol–water partition coefficient (Wildman–Crippen LogP) is 3.78. The van der Waals surface area contributed by atoms with Gasteiger partial charge in [0.05, 0.1) is 18.0 Å². The maximum atomic E-state index is 12.6. The quantitative estimate of drug-likeness (QED) is 0.836. The number of rotatable bonds is 5. The van der Waals surface area contributed by atoms with Crippen molar-refractivity contribution < 1.29 is 13.2 Å². The Hall–Kier alpha value is -2.34. The van der Waals surface area contributed by atoms with E-state index >= 15 is 0 Å². The van der Waals surface area contributed by atoms with Crippen LogP contribution >= 0.6 is 0 Å². The molecular formula is C20H26N2O3S. The Balaban J connectivity index is 2.25. The number of benzene rings is 2. The molecule has 2 aromatic carbocycles. The van der Waals surface area contributed by atoms with Crippen LogP contribution in [0.5, 0.6) is 0 Å². The summed E-state index contributed by atoms with van der Waals surface area (Å²) in [6.45, 7) is 9.88. The molecule has 0 aliphatic carbocycles. The highest BCUT2D eigenvalue weighted by Crippen LogP contribution is 2.23. The van der Waals surface area contributed by atoms with Gasteiger partial charge in [-0.15, -0.1) is 0 Å². The highest BCUT2D eigenvalue weighted by Gasteiger charge is 2.16. The summed E-state index contributed by atoms with van der Waals surface area (Å²) in [5.41, 5.74) is 6.18. The summed E-state index contributed by atoms with van der Waals surface area (Å²) in [4.78, 5) is 12.6. The molecule has 1 amide bonds. The second-order valence-electron chi connectivity index (χ2n) is 6.89. The highest BCUT2D eigenvalue weighted by molar-refractivity contribution is 7.92. The zero-order chi connectivity index (χ0) is 19.6. The average Bonchev–Trinajstić information content (AvgIpc) is 2.51. The summed E-state index contributed by atoms with van der Waals surface area (Å²) in [5.74, 6) is -0.244. The second kappa shape index (κ2) is 7.50. The van der Waals surface area contributed by atoms with E-state index in [9.17, 15) is 13.2 Å². The molecule has 0 fully saturated rings. The van der Waals surface area contributed by atoms with Gasteiger partial charge in [-0.3, -0.25) is 9.52 Å². The van der Waals surface area contributed by atoms with Crippen molar-refractivity contribution in [3.05, 3.63) is 63.7 Å². The molecule has 0 saturated heterocycles. The topological polar surface area (TPSA) is 75.3 Å².